The van der Waals surface area contributed by atoms with E-state index in [0.717, 1.165) is 23.9 Å². The molecule has 3 heterocycles. The minimum Gasteiger partial charge on any atom is -0.316 e. The minimum absolute atomic E-state index is 0.758. The molecule has 0 bridgehead atoms. The Balaban J connectivity index is 1.47. The zero-order valence-corrected chi connectivity index (χ0v) is 10.2. The summed E-state index contributed by atoms with van der Waals surface area (Å²) in [7, 11) is 0. The molecule has 0 radical (unpaired) electrons. The van der Waals surface area contributed by atoms with Crippen LogP contribution in [0.4, 0.5) is 0 Å². The van der Waals surface area contributed by atoms with Crippen molar-refractivity contribution in [2.45, 2.75) is 44.2 Å². The van der Waals surface area contributed by atoms with Crippen LogP contribution in [0.15, 0.2) is 0 Å². The van der Waals surface area contributed by atoms with E-state index < -0.39 is 0 Å². The van der Waals surface area contributed by atoms with Crippen LogP contribution in [0.3, 0.4) is 0 Å². The van der Waals surface area contributed by atoms with Gasteiger partial charge in [-0.25, -0.2) is 0 Å². The summed E-state index contributed by atoms with van der Waals surface area (Å²) in [5.41, 5.74) is 0. The maximum atomic E-state index is 3.80. The van der Waals surface area contributed by atoms with E-state index in [1.165, 1.54) is 58.3 Å². The fraction of sp³-hybridized carbons (Fsp3) is 1.00. The van der Waals surface area contributed by atoms with E-state index in [2.05, 4.69) is 16.0 Å². The molecule has 92 valence electrons. The predicted molar refractivity (Wildman–Crippen MR) is 66.5 cm³/mol. The fourth-order valence-corrected chi connectivity index (χ4v) is 3.78. The first kappa shape index (κ1) is 11.0. The Morgan fingerprint density at radius 1 is 0.688 bits per heavy atom. The molecule has 3 aliphatic heterocycles. The summed E-state index contributed by atoms with van der Waals surface area (Å²) in [6, 6.07) is 1.52. The lowest BCUT2D eigenvalue weighted by atomic mass is 9.82. The highest BCUT2D eigenvalue weighted by Crippen LogP contribution is 2.28. The monoisotopic (exact) mass is 223 g/mol. The summed E-state index contributed by atoms with van der Waals surface area (Å²) in [5, 5.41) is 10.9. The summed E-state index contributed by atoms with van der Waals surface area (Å²) in [6.45, 7) is 5.00. The third kappa shape index (κ3) is 2.27. The Morgan fingerprint density at radius 2 is 1.56 bits per heavy atom. The fourth-order valence-electron chi connectivity index (χ4n) is 3.78. The highest BCUT2D eigenvalue weighted by molar-refractivity contribution is 4.92. The molecule has 3 N–H and O–H groups in total. The van der Waals surface area contributed by atoms with Crippen LogP contribution in [-0.4, -0.2) is 38.3 Å². The molecule has 3 heteroatoms. The predicted octanol–water partition coefficient (Wildman–Crippen LogP) is 0.716. The third-order valence-corrected chi connectivity index (χ3v) is 4.84. The van der Waals surface area contributed by atoms with E-state index in [1.807, 2.05) is 0 Å². The van der Waals surface area contributed by atoms with Crippen molar-refractivity contribution in [2.75, 3.05) is 26.2 Å². The number of rotatable bonds is 2. The van der Waals surface area contributed by atoms with E-state index in [4.69, 9.17) is 0 Å². The van der Waals surface area contributed by atoms with Gasteiger partial charge in [-0.05, 0) is 70.1 Å². The van der Waals surface area contributed by atoms with E-state index in [-0.39, 0.29) is 0 Å². The normalized spacial score (nSPS) is 45.0. The van der Waals surface area contributed by atoms with Gasteiger partial charge in [0.15, 0.2) is 0 Å². The number of hydrogen-bond acceptors (Lipinski definition) is 3. The molecule has 3 nitrogen and oxygen atoms in total. The molecule has 0 spiro atoms. The van der Waals surface area contributed by atoms with Gasteiger partial charge in [0.05, 0.1) is 0 Å². The number of piperidine rings is 1. The molecule has 0 amide bonds. The van der Waals surface area contributed by atoms with Gasteiger partial charge in [-0.3, -0.25) is 0 Å². The molecule has 0 aromatic carbocycles. The van der Waals surface area contributed by atoms with E-state index in [0.29, 0.717) is 0 Å². The molecule has 0 aromatic heterocycles. The molecule has 0 saturated carbocycles. The van der Waals surface area contributed by atoms with Crippen molar-refractivity contribution in [1.82, 2.24) is 16.0 Å². The molecule has 3 fully saturated rings. The SMILES string of the molecule is C1CNC(C2CCC(C3CCNC3)CN2)C1. The Hall–Kier alpha value is -0.120. The van der Waals surface area contributed by atoms with E-state index in [1.54, 1.807) is 0 Å². The number of nitrogens with one attached hydrogen (secondary N) is 3. The van der Waals surface area contributed by atoms with Crippen LogP contribution in [0.25, 0.3) is 0 Å². The van der Waals surface area contributed by atoms with Crippen molar-refractivity contribution in [2.24, 2.45) is 11.8 Å². The van der Waals surface area contributed by atoms with Gasteiger partial charge in [0.2, 0.25) is 0 Å². The van der Waals surface area contributed by atoms with Crippen LogP contribution in [-0.2, 0) is 0 Å². The van der Waals surface area contributed by atoms with Crippen LogP contribution in [0.1, 0.15) is 32.1 Å². The van der Waals surface area contributed by atoms with Gasteiger partial charge in [0.25, 0.3) is 0 Å². The molecule has 3 rings (SSSR count). The van der Waals surface area contributed by atoms with Crippen LogP contribution in [0, 0.1) is 11.8 Å². The van der Waals surface area contributed by atoms with Crippen molar-refractivity contribution >= 4 is 0 Å². The first-order valence-electron chi connectivity index (χ1n) is 7.11. The van der Waals surface area contributed by atoms with Crippen LogP contribution in [0.2, 0.25) is 0 Å². The van der Waals surface area contributed by atoms with Gasteiger partial charge >= 0.3 is 0 Å². The maximum Gasteiger partial charge on any atom is 0.0221 e. The molecular formula is C13H25N3. The Bertz CT molecular complexity index is 187. The average molecular weight is 223 g/mol. The van der Waals surface area contributed by atoms with Gasteiger partial charge in [-0.15, -0.1) is 0 Å². The van der Waals surface area contributed by atoms with Gasteiger partial charge in [0, 0.05) is 12.1 Å². The molecule has 0 aromatic rings. The van der Waals surface area contributed by atoms with Crippen LogP contribution in [0.5, 0.6) is 0 Å². The molecule has 3 saturated heterocycles. The molecule has 16 heavy (non-hydrogen) atoms. The number of hydrogen-bond donors (Lipinski definition) is 3. The molecule has 3 aliphatic rings. The van der Waals surface area contributed by atoms with Crippen molar-refractivity contribution in [3.63, 3.8) is 0 Å². The second-order valence-corrected chi connectivity index (χ2v) is 5.81. The van der Waals surface area contributed by atoms with Crippen molar-refractivity contribution in [1.29, 1.82) is 0 Å². The lowest BCUT2D eigenvalue weighted by Gasteiger charge is -2.35. The van der Waals surface area contributed by atoms with E-state index >= 15 is 0 Å². The second kappa shape index (κ2) is 5.03. The van der Waals surface area contributed by atoms with Crippen LogP contribution >= 0.6 is 0 Å². The standard InChI is InChI=1S/C13H25N3/c1-2-12(15-6-1)13-4-3-10(9-16-13)11-5-7-14-8-11/h10-16H,1-9H2. The summed E-state index contributed by atoms with van der Waals surface area (Å²) < 4.78 is 0. The lowest BCUT2D eigenvalue weighted by molar-refractivity contribution is 0.219. The quantitative estimate of drug-likeness (QED) is 0.645. The lowest BCUT2D eigenvalue weighted by Crippen LogP contribution is -2.50. The smallest absolute Gasteiger partial charge is 0.0221 e. The second-order valence-electron chi connectivity index (χ2n) is 5.81. The first-order chi connectivity index (χ1) is 7.93. The molecular weight excluding hydrogens is 198 g/mol. The highest BCUT2D eigenvalue weighted by atomic mass is 15.0. The van der Waals surface area contributed by atoms with Gasteiger partial charge in [-0.1, -0.05) is 0 Å². The molecule has 0 aliphatic carbocycles. The summed E-state index contributed by atoms with van der Waals surface area (Å²) >= 11 is 0. The minimum atomic E-state index is 0.758. The van der Waals surface area contributed by atoms with Gasteiger partial charge in [-0.2, -0.15) is 0 Å². The maximum absolute atomic E-state index is 3.80. The summed E-state index contributed by atoms with van der Waals surface area (Å²) in [5.74, 6) is 1.89. The Morgan fingerprint density at radius 3 is 2.19 bits per heavy atom. The van der Waals surface area contributed by atoms with E-state index in [9.17, 15) is 0 Å². The zero-order valence-electron chi connectivity index (χ0n) is 10.2. The Labute approximate surface area is 98.8 Å². The largest absolute Gasteiger partial charge is 0.316 e. The highest BCUT2D eigenvalue weighted by Gasteiger charge is 2.32. The Kier molecular flexibility index (Phi) is 3.46. The van der Waals surface area contributed by atoms with Gasteiger partial charge < -0.3 is 16.0 Å². The van der Waals surface area contributed by atoms with Gasteiger partial charge in [0.1, 0.15) is 0 Å². The van der Waals surface area contributed by atoms with Crippen molar-refractivity contribution in [3.8, 4) is 0 Å². The van der Waals surface area contributed by atoms with Crippen LogP contribution < -0.4 is 16.0 Å². The van der Waals surface area contributed by atoms with Crippen molar-refractivity contribution < 1.29 is 0 Å². The average Bonchev–Trinajstić information content (AvgIpc) is 3.03. The summed E-state index contributed by atoms with van der Waals surface area (Å²) in [6.07, 6.45) is 6.99. The first-order valence-corrected chi connectivity index (χ1v) is 7.11. The molecule has 4 unspecified atom stereocenters. The van der Waals surface area contributed by atoms with Crippen molar-refractivity contribution in [3.05, 3.63) is 0 Å². The topological polar surface area (TPSA) is 36.1 Å². The third-order valence-electron chi connectivity index (χ3n) is 4.84. The zero-order chi connectivity index (χ0) is 10.8. The summed E-state index contributed by atoms with van der Waals surface area (Å²) in [4.78, 5) is 0. The molecule has 4 atom stereocenters.